The third-order valence-corrected chi connectivity index (χ3v) is 10.6. The molecule has 326 valence electrons. The highest BCUT2D eigenvalue weighted by Crippen LogP contribution is 2.43. The zero-order valence-corrected chi connectivity index (χ0v) is 36.1. The first-order valence-corrected chi connectivity index (χ1v) is 24.4. The van der Waals surface area contributed by atoms with Gasteiger partial charge in [0.2, 0.25) is 0 Å². The summed E-state index contributed by atoms with van der Waals surface area (Å²) in [4.78, 5) is 52.6. The molecule has 1 unspecified atom stereocenters. The number of ether oxygens (including phenoxy) is 2. The molecule has 4 N–H and O–H groups in total. The number of rotatable bonds is 41. The summed E-state index contributed by atoms with van der Waals surface area (Å²) in [6.45, 7) is 1.76. The van der Waals surface area contributed by atoms with E-state index in [0.717, 1.165) is 57.8 Å². The molecule has 0 fully saturated rings. The van der Waals surface area contributed by atoms with Crippen molar-refractivity contribution in [1.29, 1.82) is 0 Å². The third kappa shape index (κ3) is 40.8. The molecule has 0 radical (unpaired) electrons. The summed E-state index contributed by atoms with van der Waals surface area (Å²) in [5.41, 5.74) is 0. The van der Waals surface area contributed by atoms with Crippen molar-refractivity contribution in [2.45, 2.75) is 206 Å². The fourth-order valence-electron chi connectivity index (χ4n) is 5.87. The quantitative estimate of drug-likeness (QED) is 0.0197. The standard InChI is InChI=1S/C40H78O13P2/c1-3-5-7-9-11-13-15-17-18-20-22-24-26-28-30-32-40(43)53-38(36-52-55(47,48)51-34-37(41)33-50-54(44,45)46)35-49-39(42)31-29-27-25-23-21-19-16-14-12-10-8-6-4-2/h17-18,37-38,41H,3-16,19-36H2,1-2H3,(H,47,48)(H2,44,45,46)/b18-17-/t37-,38+/m0/s1. The van der Waals surface area contributed by atoms with Crippen LogP contribution in [0.3, 0.4) is 0 Å². The molecule has 0 spiro atoms. The van der Waals surface area contributed by atoms with Gasteiger partial charge in [0.15, 0.2) is 6.10 Å². The number of aliphatic hydroxyl groups excluding tert-OH is 1. The average Bonchev–Trinajstić information content (AvgIpc) is 3.14. The number of carbonyl (C=O) groups excluding carboxylic acids is 2. The molecule has 3 atom stereocenters. The normalized spacial score (nSPS) is 14.2. The summed E-state index contributed by atoms with van der Waals surface area (Å²) in [5.74, 6) is -1.03. The van der Waals surface area contributed by atoms with E-state index in [1.165, 1.54) is 96.3 Å². The lowest BCUT2D eigenvalue weighted by Gasteiger charge is -2.20. The van der Waals surface area contributed by atoms with Gasteiger partial charge in [-0.3, -0.25) is 23.2 Å². The Kier molecular flexibility index (Phi) is 36.4. The summed E-state index contributed by atoms with van der Waals surface area (Å²) >= 11 is 0. The van der Waals surface area contributed by atoms with Crippen molar-refractivity contribution in [2.24, 2.45) is 0 Å². The zero-order chi connectivity index (χ0) is 40.9. The van der Waals surface area contributed by atoms with Gasteiger partial charge in [-0.15, -0.1) is 0 Å². The first kappa shape index (κ1) is 53.9. The van der Waals surface area contributed by atoms with Crippen LogP contribution in [0.2, 0.25) is 0 Å². The van der Waals surface area contributed by atoms with E-state index < -0.39 is 59.6 Å². The molecule has 0 aromatic heterocycles. The van der Waals surface area contributed by atoms with Gasteiger partial charge in [0, 0.05) is 12.8 Å². The van der Waals surface area contributed by atoms with Gasteiger partial charge in [-0.2, -0.15) is 0 Å². The Labute approximate surface area is 332 Å². The topological polar surface area (TPSA) is 195 Å². The van der Waals surface area contributed by atoms with Crippen LogP contribution in [0.5, 0.6) is 0 Å². The van der Waals surface area contributed by atoms with E-state index in [0.29, 0.717) is 12.8 Å². The van der Waals surface area contributed by atoms with Gasteiger partial charge in [-0.25, -0.2) is 9.13 Å². The molecule has 0 saturated heterocycles. The minimum absolute atomic E-state index is 0.126. The Hall–Kier alpha value is -1.14. The summed E-state index contributed by atoms with van der Waals surface area (Å²) in [6.07, 6.45) is 32.0. The van der Waals surface area contributed by atoms with E-state index in [9.17, 15) is 28.7 Å². The second-order valence-corrected chi connectivity index (χ2v) is 17.3. The van der Waals surface area contributed by atoms with Gasteiger partial charge in [0.05, 0.1) is 19.8 Å². The lowest BCUT2D eigenvalue weighted by Crippen LogP contribution is -2.30. The van der Waals surface area contributed by atoms with Crippen LogP contribution in [-0.2, 0) is 41.8 Å². The van der Waals surface area contributed by atoms with Crippen LogP contribution in [-0.4, -0.2) is 70.4 Å². The molecule has 0 aromatic rings. The van der Waals surface area contributed by atoms with Gasteiger partial charge in [-0.1, -0.05) is 154 Å². The largest absolute Gasteiger partial charge is 0.472 e. The van der Waals surface area contributed by atoms with Gasteiger partial charge in [0.1, 0.15) is 12.7 Å². The van der Waals surface area contributed by atoms with Crippen LogP contribution < -0.4 is 0 Å². The van der Waals surface area contributed by atoms with Crippen molar-refractivity contribution in [3.8, 4) is 0 Å². The summed E-state index contributed by atoms with van der Waals surface area (Å²) in [5, 5.41) is 9.73. The zero-order valence-electron chi connectivity index (χ0n) is 34.3. The maximum absolute atomic E-state index is 12.6. The number of hydrogen-bond acceptors (Lipinski definition) is 10. The van der Waals surface area contributed by atoms with Crippen molar-refractivity contribution in [3.05, 3.63) is 12.2 Å². The van der Waals surface area contributed by atoms with E-state index in [1.807, 2.05) is 0 Å². The van der Waals surface area contributed by atoms with Crippen LogP contribution in [0.25, 0.3) is 0 Å². The van der Waals surface area contributed by atoms with Gasteiger partial charge in [0.25, 0.3) is 0 Å². The number of esters is 2. The molecule has 0 saturated carbocycles. The van der Waals surface area contributed by atoms with Gasteiger partial charge in [-0.05, 0) is 38.5 Å². The molecular formula is C40H78O13P2. The first-order valence-electron chi connectivity index (χ1n) is 21.4. The second-order valence-electron chi connectivity index (χ2n) is 14.6. The summed E-state index contributed by atoms with van der Waals surface area (Å²) in [7, 11) is -9.66. The van der Waals surface area contributed by atoms with Crippen LogP contribution >= 0.6 is 15.6 Å². The third-order valence-electron chi connectivity index (χ3n) is 9.14. The smallest absolute Gasteiger partial charge is 0.462 e. The Bertz CT molecular complexity index is 1040. The number of phosphoric ester groups is 2. The highest BCUT2D eigenvalue weighted by atomic mass is 31.2. The van der Waals surface area contributed by atoms with E-state index in [4.69, 9.17) is 23.8 Å². The number of hydrogen-bond donors (Lipinski definition) is 4. The van der Waals surface area contributed by atoms with Crippen LogP contribution in [0, 0.1) is 0 Å². The first-order chi connectivity index (χ1) is 26.4. The SMILES string of the molecule is CCCCCCCC/C=C\CCCCCCCC(=O)O[C@H](COC(=O)CCCCCCCCCCCCCCC)COP(=O)(O)OC[C@@H](O)COP(=O)(O)O. The molecule has 0 aliphatic rings. The maximum atomic E-state index is 12.6. The van der Waals surface area contributed by atoms with Gasteiger partial charge >= 0.3 is 27.6 Å². The van der Waals surface area contributed by atoms with E-state index in [-0.39, 0.29) is 19.4 Å². The Balaban J connectivity index is 4.52. The molecule has 13 nitrogen and oxygen atoms in total. The molecule has 15 heteroatoms. The van der Waals surface area contributed by atoms with Crippen molar-refractivity contribution >= 4 is 27.6 Å². The monoisotopic (exact) mass is 828 g/mol. The highest BCUT2D eigenvalue weighted by Gasteiger charge is 2.28. The molecule has 0 aliphatic carbocycles. The van der Waals surface area contributed by atoms with Gasteiger partial charge < -0.3 is 29.3 Å². The highest BCUT2D eigenvalue weighted by molar-refractivity contribution is 7.47. The van der Waals surface area contributed by atoms with Crippen molar-refractivity contribution in [3.63, 3.8) is 0 Å². The summed E-state index contributed by atoms with van der Waals surface area (Å²) in [6, 6.07) is 0. The number of phosphoric acid groups is 2. The molecular weight excluding hydrogens is 750 g/mol. The predicted molar refractivity (Wildman–Crippen MR) is 216 cm³/mol. The molecule has 0 heterocycles. The van der Waals surface area contributed by atoms with E-state index in [1.54, 1.807) is 0 Å². The minimum Gasteiger partial charge on any atom is -0.462 e. The number of allylic oxidation sites excluding steroid dienone is 2. The lowest BCUT2D eigenvalue weighted by molar-refractivity contribution is -0.161. The predicted octanol–water partition coefficient (Wildman–Crippen LogP) is 10.6. The van der Waals surface area contributed by atoms with Crippen LogP contribution in [0.1, 0.15) is 194 Å². The van der Waals surface area contributed by atoms with Crippen LogP contribution in [0.4, 0.5) is 0 Å². The molecule has 55 heavy (non-hydrogen) atoms. The molecule has 0 aromatic carbocycles. The Morgan fingerprint density at radius 1 is 0.509 bits per heavy atom. The number of aliphatic hydroxyl groups is 1. The number of unbranched alkanes of at least 4 members (excludes halogenated alkanes) is 23. The number of carbonyl (C=O) groups is 2. The fraction of sp³-hybridized carbons (Fsp3) is 0.900. The Morgan fingerprint density at radius 3 is 1.35 bits per heavy atom. The van der Waals surface area contributed by atoms with Crippen molar-refractivity contribution < 1.29 is 61.6 Å². The molecule has 0 rings (SSSR count). The van der Waals surface area contributed by atoms with E-state index in [2.05, 4.69) is 35.0 Å². The Morgan fingerprint density at radius 2 is 0.891 bits per heavy atom. The van der Waals surface area contributed by atoms with Crippen molar-refractivity contribution in [2.75, 3.05) is 26.4 Å². The van der Waals surface area contributed by atoms with E-state index >= 15 is 0 Å². The fourth-order valence-corrected chi connectivity index (χ4v) is 7.03. The van der Waals surface area contributed by atoms with Crippen LogP contribution in [0.15, 0.2) is 12.2 Å². The lowest BCUT2D eigenvalue weighted by atomic mass is 10.0. The maximum Gasteiger partial charge on any atom is 0.472 e. The summed E-state index contributed by atoms with van der Waals surface area (Å²) < 4.78 is 47.7. The molecule has 0 bridgehead atoms. The molecule has 0 aliphatic heterocycles. The second kappa shape index (κ2) is 37.2. The molecule has 0 amide bonds. The minimum atomic E-state index is -4.86. The van der Waals surface area contributed by atoms with Crippen molar-refractivity contribution in [1.82, 2.24) is 0 Å². The average molecular weight is 829 g/mol.